The number of alkyl halides is 1. The summed E-state index contributed by atoms with van der Waals surface area (Å²) < 4.78 is 15.1. The second-order valence-electron chi connectivity index (χ2n) is 4.64. The molecular formula is C11H15FN2O4. The fraction of sp³-hybridized carbons (Fsp3) is 0.636. The lowest BCUT2D eigenvalue weighted by Crippen LogP contribution is -2.36. The third-order valence-electron chi connectivity index (χ3n) is 3.47. The van der Waals surface area contributed by atoms with Crippen LogP contribution in [0.15, 0.2) is 15.8 Å². The zero-order chi connectivity index (χ0) is 13.4. The summed E-state index contributed by atoms with van der Waals surface area (Å²) >= 11 is 0. The van der Waals surface area contributed by atoms with E-state index in [1.54, 1.807) is 0 Å². The van der Waals surface area contributed by atoms with Gasteiger partial charge >= 0.3 is 5.69 Å². The van der Waals surface area contributed by atoms with Gasteiger partial charge in [-0.25, -0.2) is 9.18 Å². The second kappa shape index (κ2) is 4.66. The van der Waals surface area contributed by atoms with E-state index in [0.29, 0.717) is 5.56 Å². The van der Waals surface area contributed by atoms with Crippen LogP contribution in [-0.2, 0) is 0 Å². The van der Waals surface area contributed by atoms with Crippen molar-refractivity contribution in [2.75, 3.05) is 6.61 Å². The van der Waals surface area contributed by atoms with Crippen LogP contribution in [-0.4, -0.2) is 38.6 Å². The van der Waals surface area contributed by atoms with E-state index in [9.17, 15) is 19.1 Å². The highest BCUT2D eigenvalue weighted by molar-refractivity contribution is 5.04. The third kappa shape index (κ3) is 1.99. The lowest BCUT2D eigenvalue weighted by molar-refractivity contribution is 0.0591. The number of aliphatic hydroxyl groups is 2. The van der Waals surface area contributed by atoms with Gasteiger partial charge in [-0.15, -0.1) is 0 Å². The molecule has 4 atom stereocenters. The molecule has 0 amide bonds. The van der Waals surface area contributed by atoms with Crippen molar-refractivity contribution in [3.8, 4) is 0 Å². The molecule has 18 heavy (non-hydrogen) atoms. The van der Waals surface area contributed by atoms with Crippen molar-refractivity contribution in [3.63, 3.8) is 0 Å². The number of aryl methyl sites for hydroxylation is 1. The fourth-order valence-corrected chi connectivity index (χ4v) is 2.37. The van der Waals surface area contributed by atoms with Crippen LogP contribution in [0.2, 0.25) is 0 Å². The Labute approximate surface area is 102 Å². The van der Waals surface area contributed by atoms with E-state index in [1.165, 1.54) is 13.1 Å². The topological polar surface area (TPSA) is 95.3 Å². The van der Waals surface area contributed by atoms with Crippen molar-refractivity contribution in [2.24, 2.45) is 5.92 Å². The van der Waals surface area contributed by atoms with E-state index in [-0.39, 0.29) is 6.42 Å². The number of halogens is 1. The lowest BCUT2D eigenvalue weighted by Gasteiger charge is -2.18. The first-order valence-electron chi connectivity index (χ1n) is 5.70. The minimum absolute atomic E-state index is 0.0395. The van der Waals surface area contributed by atoms with Crippen molar-refractivity contribution >= 4 is 0 Å². The summed E-state index contributed by atoms with van der Waals surface area (Å²) in [6, 6.07) is -0.861. The van der Waals surface area contributed by atoms with Crippen LogP contribution in [0.5, 0.6) is 0 Å². The van der Waals surface area contributed by atoms with Crippen LogP contribution in [0.4, 0.5) is 4.39 Å². The zero-order valence-electron chi connectivity index (χ0n) is 9.84. The van der Waals surface area contributed by atoms with Crippen molar-refractivity contribution in [1.29, 1.82) is 0 Å². The summed E-state index contributed by atoms with van der Waals surface area (Å²) in [5, 5.41) is 18.6. The Morgan fingerprint density at radius 3 is 2.78 bits per heavy atom. The Balaban J connectivity index is 2.42. The molecule has 3 N–H and O–H groups in total. The van der Waals surface area contributed by atoms with Crippen molar-refractivity contribution < 1.29 is 14.6 Å². The third-order valence-corrected chi connectivity index (χ3v) is 3.47. The van der Waals surface area contributed by atoms with Crippen LogP contribution in [0, 0.1) is 12.8 Å². The van der Waals surface area contributed by atoms with E-state index in [2.05, 4.69) is 4.98 Å². The molecule has 1 heterocycles. The van der Waals surface area contributed by atoms with Crippen molar-refractivity contribution in [3.05, 3.63) is 32.6 Å². The standard InChI is InChI=1S/C11H15FN2O4/c1-5-3-14(11(18)13-10(5)17)7-2-8(16)6(4-15)9(7)12/h3,6-9,15-16H,2,4H2,1H3,(H,13,17,18)/t6-,7+,8-,9+/m1/s1. The van der Waals surface area contributed by atoms with Crippen LogP contribution in [0.3, 0.4) is 0 Å². The van der Waals surface area contributed by atoms with E-state index in [0.717, 1.165) is 4.57 Å². The monoisotopic (exact) mass is 258 g/mol. The molecule has 1 saturated carbocycles. The molecule has 6 nitrogen and oxygen atoms in total. The largest absolute Gasteiger partial charge is 0.396 e. The summed E-state index contributed by atoms with van der Waals surface area (Å²) in [6.07, 6.45) is -1.19. The number of hydrogen-bond acceptors (Lipinski definition) is 4. The number of aliphatic hydroxyl groups excluding tert-OH is 2. The molecule has 1 aliphatic carbocycles. The maximum absolute atomic E-state index is 14.0. The molecule has 100 valence electrons. The molecule has 0 aliphatic heterocycles. The molecule has 0 spiro atoms. The molecule has 0 aromatic carbocycles. The number of hydrogen-bond donors (Lipinski definition) is 3. The average Bonchev–Trinajstić information content (AvgIpc) is 2.59. The van der Waals surface area contributed by atoms with E-state index in [1.807, 2.05) is 0 Å². The Bertz CT molecular complexity index is 553. The Morgan fingerprint density at radius 2 is 2.22 bits per heavy atom. The molecule has 1 aliphatic rings. The Kier molecular flexibility index (Phi) is 3.36. The molecule has 2 rings (SSSR count). The Morgan fingerprint density at radius 1 is 1.56 bits per heavy atom. The molecule has 1 fully saturated rings. The molecule has 1 aromatic rings. The first-order valence-corrected chi connectivity index (χ1v) is 5.70. The van der Waals surface area contributed by atoms with E-state index >= 15 is 0 Å². The summed E-state index contributed by atoms with van der Waals surface area (Å²) in [6.45, 7) is 1.03. The van der Waals surface area contributed by atoms with Gasteiger partial charge in [0.15, 0.2) is 0 Å². The number of aromatic nitrogens is 2. The van der Waals surface area contributed by atoms with Gasteiger partial charge in [-0.05, 0) is 13.3 Å². The summed E-state index contributed by atoms with van der Waals surface area (Å²) in [5.41, 5.74) is -0.920. The predicted octanol–water partition coefficient (Wildman–Crippen LogP) is -0.903. The number of nitrogens with one attached hydrogen (secondary N) is 1. The zero-order valence-corrected chi connectivity index (χ0v) is 9.84. The van der Waals surface area contributed by atoms with Crippen LogP contribution < -0.4 is 11.2 Å². The fourth-order valence-electron chi connectivity index (χ4n) is 2.37. The van der Waals surface area contributed by atoms with Gasteiger partial charge in [0.2, 0.25) is 0 Å². The highest BCUT2D eigenvalue weighted by atomic mass is 19.1. The van der Waals surface area contributed by atoms with Crippen molar-refractivity contribution in [1.82, 2.24) is 9.55 Å². The molecule has 7 heteroatoms. The van der Waals surface area contributed by atoms with Gasteiger partial charge < -0.3 is 10.2 Å². The smallest absolute Gasteiger partial charge is 0.328 e. The number of H-pyrrole nitrogens is 1. The number of rotatable bonds is 2. The minimum Gasteiger partial charge on any atom is -0.396 e. The summed E-state index contributed by atoms with van der Waals surface area (Å²) in [7, 11) is 0. The SMILES string of the molecule is Cc1cn([C@H]2C[C@@H](O)[C@@H](CO)[C@@H]2F)c(=O)[nH]c1=O. The van der Waals surface area contributed by atoms with Gasteiger partial charge in [-0.3, -0.25) is 14.3 Å². The Hall–Kier alpha value is -1.47. The van der Waals surface area contributed by atoms with Gasteiger partial charge in [-0.1, -0.05) is 0 Å². The summed E-state index contributed by atoms with van der Waals surface area (Å²) in [5.74, 6) is -0.894. The maximum Gasteiger partial charge on any atom is 0.328 e. The maximum atomic E-state index is 14.0. The van der Waals surface area contributed by atoms with Crippen LogP contribution >= 0.6 is 0 Å². The highest BCUT2D eigenvalue weighted by Gasteiger charge is 2.44. The van der Waals surface area contributed by atoms with Gasteiger partial charge in [0.05, 0.1) is 18.8 Å². The molecule has 0 radical (unpaired) electrons. The highest BCUT2D eigenvalue weighted by Crippen LogP contribution is 2.36. The van der Waals surface area contributed by atoms with Gasteiger partial charge in [-0.2, -0.15) is 0 Å². The van der Waals surface area contributed by atoms with Crippen LogP contribution in [0.25, 0.3) is 0 Å². The first-order chi connectivity index (χ1) is 8.45. The van der Waals surface area contributed by atoms with Gasteiger partial charge in [0.25, 0.3) is 5.56 Å². The number of nitrogens with zero attached hydrogens (tertiary/aromatic N) is 1. The van der Waals surface area contributed by atoms with Crippen LogP contribution in [0.1, 0.15) is 18.0 Å². The summed E-state index contributed by atoms with van der Waals surface area (Å²) in [4.78, 5) is 24.9. The quantitative estimate of drug-likeness (QED) is 0.640. The molecule has 0 bridgehead atoms. The average molecular weight is 258 g/mol. The van der Waals surface area contributed by atoms with Crippen molar-refractivity contribution in [2.45, 2.75) is 31.7 Å². The van der Waals surface area contributed by atoms with Gasteiger partial charge in [0.1, 0.15) is 6.17 Å². The van der Waals surface area contributed by atoms with Gasteiger partial charge in [0, 0.05) is 17.7 Å². The predicted molar refractivity (Wildman–Crippen MR) is 61.2 cm³/mol. The molecule has 0 unspecified atom stereocenters. The molecular weight excluding hydrogens is 243 g/mol. The van der Waals surface area contributed by atoms with E-state index in [4.69, 9.17) is 5.11 Å². The normalized spacial score (nSPS) is 31.8. The second-order valence-corrected chi connectivity index (χ2v) is 4.64. The lowest BCUT2D eigenvalue weighted by atomic mass is 10.1. The molecule has 1 aromatic heterocycles. The minimum atomic E-state index is -1.52. The first kappa shape index (κ1) is 13.0. The number of aromatic amines is 1. The van der Waals surface area contributed by atoms with E-state index < -0.39 is 42.1 Å². The molecule has 0 saturated heterocycles.